The largest absolute Gasteiger partial charge is 0.361 e. The molecule has 2 unspecified atom stereocenters. The van der Waals surface area contributed by atoms with Gasteiger partial charge in [0.15, 0.2) is 6.34 Å². The molecule has 2 aliphatic heterocycles. The van der Waals surface area contributed by atoms with E-state index in [0.717, 1.165) is 13.0 Å². The molecular weight excluding hydrogens is 114 g/mol. The minimum Gasteiger partial charge on any atom is -0.361 e. The van der Waals surface area contributed by atoms with E-state index >= 15 is 0 Å². The highest BCUT2D eigenvalue weighted by molar-refractivity contribution is 5.65. The van der Waals surface area contributed by atoms with Crippen molar-refractivity contribution < 1.29 is 0 Å². The van der Waals surface area contributed by atoms with Crippen LogP contribution in [-0.4, -0.2) is 31.2 Å². The molecule has 0 aliphatic carbocycles. The van der Waals surface area contributed by atoms with Crippen LogP contribution in [0.15, 0.2) is 9.98 Å². The molecule has 2 atom stereocenters. The Kier molecular flexibility index (Phi) is 1.01. The van der Waals surface area contributed by atoms with Crippen LogP contribution in [0.4, 0.5) is 0 Å². The van der Waals surface area contributed by atoms with Crippen molar-refractivity contribution in [3.05, 3.63) is 0 Å². The molecule has 3 heteroatoms. The van der Waals surface area contributed by atoms with E-state index in [1.54, 1.807) is 0 Å². The van der Waals surface area contributed by atoms with E-state index in [0.29, 0.717) is 12.1 Å². The number of nitrogens with one attached hydrogen (secondary N) is 1. The number of nitrogens with zero attached hydrogens (tertiary/aromatic N) is 2. The third-order valence-electron chi connectivity index (χ3n) is 1.72. The predicted molar refractivity (Wildman–Crippen MR) is 36.1 cm³/mol. The first-order valence-corrected chi connectivity index (χ1v) is 3.15. The van der Waals surface area contributed by atoms with Gasteiger partial charge >= 0.3 is 0 Å². The van der Waals surface area contributed by atoms with E-state index in [-0.39, 0.29) is 0 Å². The summed E-state index contributed by atoms with van der Waals surface area (Å²) in [5.74, 6) is 0. The second-order valence-electron chi connectivity index (χ2n) is 2.34. The zero-order valence-corrected chi connectivity index (χ0v) is 5.04. The fraction of sp³-hybridized carbons (Fsp3) is 0.667. The Hall–Kier alpha value is -0.860. The van der Waals surface area contributed by atoms with Gasteiger partial charge < -0.3 is 5.32 Å². The van der Waals surface area contributed by atoms with Crippen LogP contribution in [-0.2, 0) is 0 Å². The lowest BCUT2D eigenvalue weighted by molar-refractivity contribution is 0.532. The first kappa shape index (κ1) is 4.97. The van der Waals surface area contributed by atoms with Gasteiger partial charge in [0.25, 0.3) is 0 Å². The minimum atomic E-state index is 0.419. The summed E-state index contributed by atoms with van der Waals surface area (Å²) in [6.07, 6.45) is 5.68. The summed E-state index contributed by atoms with van der Waals surface area (Å²) < 4.78 is 0. The van der Waals surface area contributed by atoms with Crippen LogP contribution in [0, 0.1) is 0 Å². The van der Waals surface area contributed by atoms with Gasteiger partial charge in [0.05, 0.1) is 18.6 Å². The summed E-state index contributed by atoms with van der Waals surface area (Å²) >= 11 is 0. The molecular formula is C6H8N3. The van der Waals surface area contributed by atoms with E-state index < -0.39 is 0 Å². The molecule has 0 saturated carbocycles. The minimum absolute atomic E-state index is 0.419. The zero-order valence-electron chi connectivity index (χ0n) is 5.04. The van der Waals surface area contributed by atoms with E-state index in [1.165, 1.54) is 0 Å². The maximum absolute atomic E-state index is 4.13. The van der Waals surface area contributed by atoms with Gasteiger partial charge in [0, 0.05) is 12.6 Å². The first-order valence-electron chi connectivity index (χ1n) is 3.15. The van der Waals surface area contributed by atoms with Gasteiger partial charge in [0.2, 0.25) is 0 Å². The molecule has 2 heterocycles. The summed E-state index contributed by atoms with van der Waals surface area (Å²) in [5.41, 5.74) is 0. The third-order valence-corrected chi connectivity index (χ3v) is 1.72. The summed E-state index contributed by atoms with van der Waals surface area (Å²) in [6, 6.07) is 0.859. The van der Waals surface area contributed by atoms with Gasteiger partial charge in [-0.05, 0) is 0 Å². The fourth-order valence-electron chi connectivity index (χ4n) is 1.14. The smallest absolute Gasteiger partial charge is 0.164 e. The van der Waals surface area contributed by atoms with Crippen LogP contribution < -0.4 is 5.32 Å². The van der Waals surface area contributed by atoms with Crippen molar-refractivity contribution in [1.82, 2.24) is 5.32 Å². The van der Waals surface area contributed by atoms with E-state index in [2.05, 4.69) is 21.6 Å². The zero-order chi connectivity index (χ0) is 6.10. The van der Waals surface area contributed by atoms with Gasteiger partial charge in [-0.2, -0.15) is 0 Å². The average molecular weight is 122 g/mol. The topological polar surface area (TPSA) is 36.8 Å². The van der Waals surface area contributed by atoms with Crippen LogP contribution in [0.25, 0.3) is 0 Å². The first-order chi connectivity index (χ1) is 4.47. The SMILES string of the molecule is [C]1=NC2CC=NCC2N1. The van der Waals surface area contributed by atoms with Crippen molar-refractivity contribution in [3.63, 3.8) is 0 Å². The van der Waals surface area contributed by atoms with Crippen molar-refractivity contribution >= 4 is 12.6 Å². The molecule has 47 valence electrons. The molecule has 2 aliphatic rings. The van der Waals surface area contributed by atoms with Crippen molar-refractivity contribution in [3.8, 4) is 0 Å². The highest BCUT2D eigenvalue weighted by atomic mass is 15.1. The lowest BCUT2D eigenvalue weighted by atomic mass is 10.1. The van der Waals surface area contributed by atoms with Gasteiger partial charge in [-0.1, -0.05) is 0 Å². The summed E-state index contributed by atoms with van der Waals surface area (Å²) in [7, 11) is 0. The molecule has 0 aromatic rings. The van der Waals surface area contributed by atoms with Crippen LogP contribution in [0.3, 0.4) is 0 Å². The van der Waals surface area contributed by atoms with Gasteiger partial charge in [-0.25, -0.2) is 0 Å². The molecule has 0 bridgehead atoms. The average Bonchev–Trinajstić information content (AvgIpc) is 2.33. The van der Waals surface area contributed by atoms with Gasteiger partial charge in [0.1, 0.15) is 0 Å². The van der Waals surface area contributed by atoms with Crippen molar-refractivity contribution in [2.75, 3.05) is 6.54 Å². The van der Waals surface area contributed by atoms with Crippen molar-refractivity contribution in [2.45, 2.75) is 18.5 Å². The number of rotatable bonds is 0. The molecule has 2 rings (SSSR count). The predicted octanol–water partition coefficient (Wildman–Crippen LogP) is -0.293. The number of aliphatic imine (C=N–C) groups is 2. The van der Waals surface area contributed by atoms with Crippen LogP contribution in [0.2, 0.25) is 0 Å². The highest BCUT2D eigenvalue weighted by Crippen LogP contribution is 2.10. The Labute approximate surface area is 53.9 Å². The summed E-state index contributed by atoms with van der Waals surface area (Å²) in [4.78, 5) is 8.24. The third kappa shape index (κ3) is 0.724. The Balaban J connectivity index is 2.13. The van der Waals surface area contributed by atoms with Crippen LogP contribution >= 0.6 is 0 Å². The lowest BCUT2D eigenvalue weighted by Crippen LogP contribution is -2.37. The molecule has 1 radical (unpaired) electrons. The molecule has 0 aromatic carbocycles. The molecule has 0 amide bonds. The molecule has 0 spiro atoms. The Morgan fingerprint density at radius 2 is 2.67 bits per heavy atom. The lowest BCUT2D eigenvalue weighted by Gasteiger charge is -2.17. The molecule has 9 heavy (non-hydrogen) atoms. The molecule has 1 N–H and O–H groups in total. The second kappa shape index (κ2) is 1.83. The molecule has 0 saturated heterocycles. The van der Waals surface area contributed by atoms with Crippen molar-refractivity contribution in [2.24, 2.45) is 9.98 Å². The molecule has 0 fully saturated rings. The van der Waals surface area contributed by atoms with E-state index in [9.17, 15) is 0 Å². The summed E-state index contributed by atoms with van der Waals surface area (Å²) in [6.45, 7) is 0.862. The standard InChI is InChI=1S/C6H8N3/c1-2-7-3-6-5(1)8-4-9-6/h2,5-6H,1,3H2,(H,8,9). The highest BCUT2D eigenvalue weighted by Gasteiger charge is 2.24. The van der Waals surface area contributed by atoms with Crippen molar-refractivity contribution in [1.29, 1.82) is 0 Å². The number of hydrogen-bond donors (Lipinski definition) is 1. The molecule has 3 nitrogen and oxygen atoms in total. The second-order valence-corrected chi connectivity index (χ2v) is 2.34. The van der Waals surface area contributed by atoms with Gasteiger partial charge in [-0.15, -0.1) is 0 Å². The quantitative estimate of drug-likeness (QED) is 0.471. The number of hydrogen-bond acceptors (Lipinski definition) is 3. The molecule has 0 aromatic heterocycles. The number of fused-ring (bicyclic) bond motifs is 1. The summed E-state index contributed by atoms with van der Waals surface area (Å²) in [5, 5.41) is 3.03. The maximum atomic E-state index is 4.13. The fourth-order valence-corrected chi connectivity index (χ4v) is 1.14. The van der Waals surface area contributed by atoms with Crippen LogP contribution in [0.1, 0.15) is 6.42 Å². The Morgan fingerprint density at radius 1 is 1.67 bits per heavy atom. The van der Waals surface area contributed by atoms with E-state index in [1.807, 2.05) is 6.21 Å². The Morgan fingerprint density at radius 3 is 3.56 bits per heavy atom. The Bertz CT molecular complexity index is 162. The van der Waals surface area contributed by atoms with E-state index in [4.69, 9.17) is 0 Å². The van der Waals surface area contributed by atoms with Gasteiger partial charge in [-0.3, -0.25) is 9.98 Å². The normalized spacial score (nSPS) is 38.2. The monoisotopic (exact) mass is 122 g/mol. The van der Waals surface area contributed by atoms with Crippen LogP contribution in [0.5, 0.6) is 0 Å². The maximum Gasteiger partial charge on any atom is 0.164 e.